The van der Waals surface area contributed by atoms with Crippen LogP contribution >= 0.6 is 0 Å². The maximum absolute atomic E-state index is 11.6. The summed E-state index contributed by atoms with van der Waals surface area (Å²) in [4.78, 5) is 23.1. The summed E-state index contributed by atoms with van der Waals surface area (Å²) in [6.07, 6.45) is -0.196. The van der Waals surface area contributed by atoms with Gasteiger partial charge in [0, 0.05) is 20.1 Å². The van der Waals surface area contributed by atoms with E-state index in [0.29, 0.717) is 19.6 Å². The van der Waals surface area contributed by atoms with E-state index in [1.165, 1.54) is 0 Å². The molecule has 0 aromatic carbocycles. The van der Waals surface area contributed by atoms with Crippen molar-refractivity contribution in [2.24, 2.45) is 0 Å². The molecule has 0 atom stereocenters. The van der Waals surface area contributed by atoms with Gasteiger partial charge in [-0.15, -0.1) is 0 Å². The Hall–Kier alpha value is -1.30. The van der Waals surface area contributed by atoms with Crippen LogP contribution in [0.2, 0.25) is 0 Å². The highest BCUT2D eigenvalue weighted by Gasteiger charge is 2.23. The molecule has 0 aliphatic carbocycles. The summed E-state index contributed by atoms with van der Waals surface area (Å²) in [6.45, 7) is 9.71. The van der Waals surface area contributed by atoms with Crippen molar-refractivity contribution < 1.29 is 19.1 Å². The molecule has 0 rings (SSSR count). The largest absolute Gasteiger partial charge is 0.444 e. The highest BCUT2D eigenvalue weighted by atomic mass is 16.6. The van der Waals surface area contributed by atoms with Gasteiger partial charge in [-0.05, 0) is 34.6 Å². The van der Waals surface area contributed by atoms with E-state index < -0.39 is 17.2 Å². The smallest absolute Gasteiger partial charge is 0.407 e. The van der Waals surface area contributed by atoms with Crippen LogP contribution in [0.25, 0.3) is 0 Å². The molecule has 0 fully saturated rings. The van der Waals surface area contributed by atoms with Crippen molar-refractivity contribution in [3.05, 3.63) is 0 Å². The lowest BCUT2D eigenvalue weighted by molar-refractivity contribution is -0.123. The van der Waals surface area contributed by atoms with E-state index in [-0.39, 0.29) is 5.91 Å². The maximum Gasteiger partial charge on any atom is 0.407 e. The molecule has 6 nitrogen and oxygen atoms in total. The Labute approximate surface area is 115 Å². The first-order valence-corrected chi connectivity index (χ1v) is 6.32. The van der Waals surface area contributed by atoms with Gasteiger partial charge in [0.15, 0.2) is 0 Å². The fourth-order valence-electron chi connectivity index (χ4n) is 1.29. The predicted octanol–water partition coefficient (Wildman–Crippen LogP) is 1.44. The second-order valence-corrected chi connectivity index (χ2v) is 6.03. The van der Waals surface area contributed by atoms with E-state index in [9.17, 15) is 9.59 Å². The lowest BCUT2D eigenvalue weighted by Gasteiger charge is -2.27. The first-order chi connectivity index (χ1) is 8.56. The van der Waals surface area contributed by atoms with E-state index in [4.69, 9.17) is 9.47 Å². The van der Waals surface area contributed by atoms with Gasteiger partial charge in [-0.25, -0.2) is 4.79 Å². The molecule has 2 N–H and O–H groups in total. The SMILES string of the molecule is COCCC(=O)NC(C)(C)CNC(=O)OC(C)(C)C. The summed E-state index contributed by atoms with van der Waals surface area (Å²) >= 11 is 0. The lowest BCUT2D eigenvalue weighted by Crippen LogP contribution is -2.52. The molecular formula is C13H26N2O4. The van der Waals surface area contributed by atoms with Crippen LogP contribution < -0.4 is 10.6 Å². The predicted molar refractivity (Wildman–Crippen MR) is 73.0 cm³/mol. The minimum Gasteiger partial charge on any atom is -0.444 e. The number of methoxy groups -OCH3 is 1. The van der Waals surface area contributed by atoms with Gasteiger partial charge in [-0.2, -0.15) is 0 Å². The van der Waals surface area contributed by atoms with Crippen molar-refractivity contribution in [3.63, 3.8) is 0 Å². The van der Waals surface area contributed by atoms with Crippen LogP contribution in [0.4, 0.5) is 4.79 Å². The maximum atomic E-state index is 11.6. The van der Waals surface area contributed by atoms with E-state index in [0.717, 1.165) is 0 Å². The summed E-state index contributed by atoms with van der Waals surface area (Å²) < 4.78 is 9.95. The molecule has 0 radical (unpaired) electrons. The van der Waals surface area contributed by atoms with E-state index in [1.54, 1.807) is 27.9 Å². The van der Waals surface area contributed by atoms with Crippen molar-refractivity contribution in [2.75, 3.05) is 20.3 Å². The molecule has 112 valence electrons. The molecule has 0 aromatic rings. The minimum atomic E-state index is -0.540. The molecule has 0 bridgehead atoms. The summed E-state index contributed by atoms with van der Waals surface area (Å²) in [5.41, 5.74) is -1.07. The second kappa shape index (κ2) is 7.33. The number of rotatable bonds is 6. The number of carbonyl (C=O) groups excluding carboxylic acids is 2. The molecule has 2 amide bonds. The standard InChI is InChI=1S/C13H26N2O4/c1-12(2,3)19-11(17)14-9-13(4,5)15-10(16)7-8-18-6/h7-9H2,1-6H3,(H,14,17)(H,15,16). The summed E-state index contributed by atoms with van der Waals surface area (Å²) in [7, 11) is 1.54. The molecule has 0 saturated heterocycles. The van der Waals surface area contributed by atoms with Crippen LogP contribution in [0.3, 0.4) is 0 Å². The van der Waals surface area contributed by atoms with Crippen LogP contribution in [0.5, 0.6) is 0 Å². The fraction of sp³-hybridized carbons (Fsp3) is 0.846. The zero-order chi connectivity index (χ0) is 15.1. The molecule has 0 aromatic heterocycles. The Kier molecular flexibility index (Phi) is 6.83. The molecule has 6 heteroatoms. The van der Waals surface area contributed by atoms with Crippen molar-refractivity contribution in [2.45, 2.75) is 52.2 Å². The third-order valence-corrected chi connectivity index (χ3v) is 2.08. The van der Waals surface area contributed by atoms with Crippen molar-refractivity contribution >= 4 is 12.0 Å². The average molecular weight is 274 g/mol. The van der Waals surface area contributed by atoms with Gasteiger partial charge in [0.25, 0.3) is 0 Å². The number of hydrogen-bond acceptors (Lipinski definition) is 4. The first kappa shape index (κ1) is 17.7. The lowest BCUT2D eigenvalue weighted by atomic mass is 10.1. The second-order valence-electron chi connectivity index (χ2n) is 6.03. The van der Waals surface area contributed by atoms with Crippen LogP contribution in [0.1, 0.15) is 41.0 Å². The average Bonchev–Trinajstić information content (AvgIpc) is 2.21. The zero-order valence-corrected chi connectivity index (χ0v) is 12.8. The monoisotopic (exact) mass is 274 g/mol. The molecule has 0 saturated carbocycles. The quantitative estimate of drug-likeness (QED) is 0.768. The highest BCUT2D eigenvalue weighted by molar-refractivity contribution is 5.77. The van der Waals surface area contributed by atoms with Crippen molar-refractivity contribution in [1.29, 1.82) is 0 Å². The molecule has 0 heterocycles. The van der Waals surface area contributed by atoms with Gasteiger partial charge in [-0.3, -0.25) is 4.79 Å². The number of amides is 2. The van der Waals surface area contributed by atoms with Gasteiger partial charge < -0.3 is 20.1 Å². The normalized spacial score (nSPS) is 11.9. The Bertz CT molecular complexity index is 308. The molecular weight excluding hydrogens is 248 g/mol. The van der Waals surface area contributed by atoms with E-state index in [2.05, 4.69) is 10.6 Å². The first-order valence-electron chi connectivity index (χ1n) is 6.32. The van der Waals surface area contributed by atoms with Crippen molar-refractivity contribution in [3.8, 4) is 0 Å². The number of hydrogen-bond donors (Lipinski definition) is 2. The zero-order valence-electron chi connectivity index (χ0n) is 12.8. The molecule has 19 heavy (non-hydrogen) atoms. The van der Waals surface area contributed by atoms with Gasteiger partial charge in [0.05, 0.1) is 12.1 Å². The molecule has 0 aliphatic heterocycles. The minimum absolute atomic E-state index is 0.113. The third-order valence-electron chi connectivity index (χ3n) is 2.08. The molecule has 0 spiro atoms. The van der Waals surface area contributed by atoms with Crippen LogP contribution in [-0.2, 0) is 14.3 Å². The Morgan fingerprint density at radius 1 is 1.11 bits per heavy atom. The third kappa shape index (κ3) is 10.3. The number of ether oxygens (including phenoxy) is 2. The van der Waals surface area contributed by atoms with E-state index in [1.807, 2.05) is 13.8 Å². The van der Waals surface area contributed by atoms with Gasteiger partial charge in [0.1, 0.15) is 5.60 Å². The van der Waals surface area contributed by atoms with Gasteiger partial charge in [0.2, 0.25) is 5.91 Å². The number of alkyl carbamates (subject to hydrolysis) is 1. The topological polar surface area (TPSA) is 76.7 Å². The summed E-state index contributed by atoms with van der Waals surface area (Å²) in [5.74, 6) is -0.113. The fourth-order valence-corrected chi connectivity index (χ4v) is 1.29. The van der Waals surface area contributed by atoms with Crippen LogP contribution in [0.15, 0.2) is 0 Å². The summed E-state index contributed by atoms with van der Waals surface area (Å²) in [6, 6.07) is 0. The number of carbonyl (C=O) groups is 2. The molecule has 0 unspecified atom stereocenters. The Morgan fingerprint density at radius 3 is 2.16 bits per heavy atom. The number of nitrogens with one attached hydrogen (secondary N) is 2. The van der Waals surface area contributed by atoms with E-state index >= 15 is 0 Å². The van der Waals surface area contributed by atoms with Gasteiger partial charge in [-0.1, -0.05) is 0 Å². The molecule has 0 aliphatic rings. The summed E-state index contributed by atoms with van der Waals surface area (Å²) in [5, 5.41) is 5.45. The Morgan fingerprint density at radius 2 is 1.68 bits per heavy atom. The highest BCUT2D eigenvalue weighted by Crippen LogP contribution is 2.07. The van der Waals surface area contributed by atoms with Crippen LogP contribution in [0, 0.1) is 0 Å². The van der Waals surface area contributed by atoms with Crippen molar-refractivity contribution in [1.82, 2.24) is 10.6 Å². The van der Waals surface area contributed by atoms with Crippen LogP contribution in [-0.4, -0.2) is 43.4 Å². The van der Waals surface area contributed by atoms with Gasteiger partial charge >= 0.3 is 6.09 Å². The Balaban J connectivity index is 4.09.